The van der Waals surface area contributed by atoms with Crippen LogP contribution in [-0.2, 0) is 11.3 Å². The minimum Gasteiger partial charge on any atom is -0.494 e. The predicted molar refractivity (Wildman–Crippen MR) is 116 cm³/mol. The molecule has 1 N–H and O–H groups in total. The maximum atomic E-state index is 12.8. The summed E-state index contributed by atoms with van der Waals surface area (Å²) in [6.07, 6.45) is 1.42. The van der Waals surface area contributed by atoms with E-state index in [2.05, 4.69) is 10.3 Å². The standard InChI is InChI=1S/C22H19N3O3S/c1-2-28-17-10-8-16(9-11-17)24-20(26)13-25-14-23-21-18(22(25)27)12-19(29-21)15-6-4-3-5-7-15/h3-12,14H,2,13H2,1H3,(H,24,26). The number of anilines is 1. The van der Waals surface area contributed by atoms with Crippen molar-refractivity contribution in [3.05, 3.63) is 77.3 Å². The zero-order valence-electron chi connectivity index (χ0n) is 15.8. The Labute approximate surface area is 171 Å². The second kappa shape index (κ2) is 8.28. The molecule has 146 valence electrons. The number of rotatable bonds is 6. The number of hydrogen-bond acceptors (Lipinski definition) is 5. The van der Waals surface area contributed by atoms with E-state index in [4.69, 9.17) is 4.74 Å². The fourth-order valence-electron chi connectivity index (χ4n) is 2.97. The quantitative estimate of drug-likeness (QED) is 0.523. The van der Waals surface area contributed by atoms with E-state index in [1.165, 1.54) is 22.2 Å². The number of benzene rings is 2. The molecule has 4 rings (SSSR count). The monoisotopic (exact) mass is 405 g/mol. The van der Waals surface area contributed by atoms with Gasteiger partial charge >= 0.3 is 0 Å². The average molecular weight is 405 g/mol. The topological polar surface area (TPSA) is 73.2 Å². The lowest BCUT2D eigenvalue weighted by Crippen LogP contribution is -2.27. The zero-order valence-corrected chi connectivity index (χ0v) is 16.6. The molecule has 29 heavy (non-hydrogen) atoms. The van der Waals surface area contributed by atoms with E-state index in [-0.39, 0.29) is 18.0 Å². The SMILES string of the molecule is CCOc1ccc(NC(=O)Cn2cnc3sc(-c4ccccc4)cc3c2=O)cc1. The van der Waals surface area contributed by atoms with E-state index in [0.29, 0.717) is 22.5 Å². The van der Waals surface area contributed by atoms with Crippen molar-refractivity contribution < 1.29 is 9.53 Å². The summed E-state index contributed by atoms with van der Waals surface area (Å²) in [4.78, 5) is 31.2. The van der Waals surface area contributed by atoms with Crippen molar-refractivity contribution in [1.29, 1.82) is 0 Å². The van der Waals surface area contributed by atoms with Crippen LogP contribution in [-0.4, -0.2) is 22.1 Å². The number of thiophene rings is 1. The molecule has 0 radical (unpaired) electrons. The summed E-state index contributed by atoms with van der Waals surface area (Å²) in [5, 5.41) is 3.31. The number of carbonyl (C=O) groups is 1. The second-order valence-electron chi connectivity index (χ2n) is 6.38. The third kappa shape index (κ3) is 4.20. The van der Waals surface area contributed by atoms with Crippen LogP contribution in [0.5, 0.6) is 5.75 Å². The van der Waals surface area contributed by atoms with E-state index in [0.717, 1.165) is 16.2 Å². The van der Waals surface area contributed by atoms with Crippen molar-refractivity contribution in [3.8, 4) is 16.2 Å². The molecule has 0 saturated heterocycles. The van der Waals surface area contributed by atoms with Gasteiger partial charge in [0.05, 0.1) is 18.3 Å². The van der Waals surface area contributed by atoms with Crippen LogP contribution in [0.3, 0.4) is 0 Å². The van der Waals surface area contributed by atoms with Crippen LogP contribution in [0.15, 0.2) is 71.8 Å². The Kier molecular flexibility index (Phi) is 5.39. The lowest BCUT2D eigenvalue weighted by molar-refractivity contribution is -0.116. The number of carbonyl (C=O) groups excluding carboxylic acids is 1. The summed E-state index contributed by atoms with van der Waals surface area (Å²) in [7, 11) is 0. The molecule has 0 spiro atoms. The molecule has 0 bridgehead atoms. The van der Waals surface area contributed by atoms with E-state index in [9.17, 15) is 9.59 Å². The van der Waals surface area contributed by atoms with Crippen LogP contribution < -0.4 is 15.6 Å². The maximum absolute atomic E-state index is 12.8. The number of amides is 1. The summed E-state index contributed by atoms with van der Waals surface area (Å²) in [6, 6.07) is 18.8. The molecule has 2 aromatic heterocycles. The van der Waals surface area contributed by atoms with Gasteiger partial charge in [0.1, 0.15) is 17.1 Å². The lowest BCUT2D eigenvalue weighted by Gasteiger charge is -2.08. The molecular weight excluding hydrogens is 386 g/mol. The van der Waals surface area contributed by atoms with E-state index in [1.807, 2.05) is 43.3 Å². The van der Waals surface area contributed by atoms with Crippen molar-refractivity contribution in [3.63, 3.8) is 0 Å². The molecule has 2 heterocycles. The van der Waals surface area contributed by atoms with Gasteiger partial charge in [-0.05, 0) is 42.8 Å². The van der Waals surface area contributed by atoms with Gasteiger partial charge in [-0.3, -0.25) is 14.2 Å². The van der Waals surface area contributed by atoms with Crippen LogP contribution in [0.4, 0.5) is 5.69 Å². The molecule has 7 heteroatoms. The first kappa shape index (κ1) is 18.9. The van der Waals surface area contributed by atoms with Crippen molar-refractivity contribution in [2.75, 3.05) is 11.9 Å². The highest BCUT2D eigenvalue weighted by molar-refractivity contribution is 7.21. The van der Waals surface area contributed by atoms with Gasteiger partial charge in [0.2, 0.25) is 5.91 Å². The van der Waals surface area contributed by atoms with Gasteiger partial charge in [-0.1, -0.05) is 30.3 Å². The van der Waals surface area contributed by atoms with Crippen LogP contribution >= 0.6 is 11.3 Å². The minimum atomic E-state index is -0.295. The van der Waals surface area contributed by atoms with Gasteiger partial charge in [0, 0.05) is 10.6 Å². The number of nitrogens with one attached hydrogen (secondary N) is 1. The Bertz CT molecular complexity index is 1200. The zero-order chi connectivity index (χ0) is 20.2. The van der Waals surface area contributed by atoms with Crippen molar-refractivity contribution in [2.45, 2.75) is 13.5 Å². The van der Waals surface area contributed by atoms with Crippen LogP contribution in [0.25, 0.3) is 20.7 Å². The molecular formula is C22H19N3O3S. The summed E-state index contributed by atoms with van der Waals surface area (Å²) in [6.45, 7) is 2.39. The van der Waals surface area contributed by atoms with Gasteiger partial charge in [-0.2, -0.15) is 0 Å². The molecule has 6 nitrogen and oxygen atoms in total. The van der Waals surface area contributed by atoms with Crippen LogP contribution in [0.2, 0.25) is 0 Å². The molecule has 4 aromatic rings. The maximum Gasteiger partial charge on any atom is 0.262 e. The Morgan fingerprint density at radius 1 is 1.14 bits per heavy atom. The third-order valence-corrected chi connectivity index (χ3v) is 5.43. The number of nitrogens with zero attached hydrogens (tertiary/aromatic N) is 2. The van der Waals surface area contributed by atoms with Crippen molar-refractivity contribution >= 4 is 33.1 Å². The summed E-state index contributed by atoms with van der Waals surface area (Å²) in [5.74, 6) is 0.443. The lowest BCUT2D eigenvalue weighted by atomic mass is 10.2. The molecule has 0 atom stereocenters. The van der Waals surface area contributed by atoms with Gasteiger partial charge in [0.25, 0.3) is 5.56 Å². The largest absolute Gasteiger partial charge is 0.494 e. The number of hydrogen-bond donors (Lipinski definition) is 1. The smallest absolute Gasteiger partial charge is 0.262 e. The Hall–Kier alpha value is -3.45. The van der Waals surface area contributed by atoms with Crippen molar-refractivity contribution in [1.82, 2.24) is 9.55 Å². The molecule has 0 unspecified atom stereocenters. The first-order valence-corrected chi connectivity index (χ1v) is 10.0. The Morgan fingerprint density at radius 3 is 2.62 bits per heavy atom. The first-order valence-electron chi connectivity index (χ1n) is 9.21. The normalized spacial score (nSPS) is 10.8. The molecule has 0 aliphatic carbocycles. The number of ether oxygens (including phenoxy) is 1. The molecule has 0 aliphatic rings. The fraction of sp³-hybridized carbons (Fsp3) is 0.136. The van der Waals surface area contributed by atoms with Gasteiger partial charge < -0.3 is 10.1 Å². The van der Waals surface area contributed by atoms with Gasteiger partial charge in [-0.15, -0.1) is 11.3 Å². The molecule has 0 saturated carbocycles. The molecule has 1 amide bonds. The third-order valence-electron chi connectivity index (χ3n) is 4.34. The van der Waals surface area contributed by atoms with Gasteiger partial charge in [-0.25, -0.2) is 4.98 Å². The Morgan fingerprint density at radius 2 is 1.90 bits per heavy atom. The fourth-order valence-corrected chi connectivity index (χ4v) is 3.97. The number of aromatic nitrogens is 2. The summed E-state index contributed by atoms with van der Waals surface area (Å²) in [5.41, 5.74) is 1.45. The highest BCUT2D eigenvalue weighted by atomic mass is 32.1. The van der Waals surface area contributed by atoms with Crippen molar-refractivity contribution in [2.24, 2.45) is 0 Å². The van der Waals surface area contributed by atoms with Gasteiger partial charge in [0.15, 0.2) is 0 Å². The average Bonchev–Trinajstić information content (AvgIpc) is 3.18. The van der Waals surface area contributed by atoms with E-state index < -0.39 is 0 Å². The van der Waals surface area contributed by atoms with E-state index in [1.54, 1.807) is 24.3 Å². The second-order valence-corrected chi connectivity index (χ2v) is 7.41. The van der Waals surface area contributed by atoms with Crippen LogP contribution in [0, 0.1) is 0 Å². The van der Waals surface area contributed by atoms with Crippen LogP contribution in [0.1, 0.15) is 6.92 Å². The minimum absolute atomic E-state index is 0.106. The summed E-state index contributed by atoms with van der Waals surface area (Å²) >= 11 is 1.46. The van der Waals surface area contributed by atoms with E-state index >= 15 is 0 Å². The Balaban J connectivity index is 1.52. The first-order chi connectivity index (χ1) is 14.1. The highest BCUT2D eigenvalue weighted by Gasteiger charge is 2.12. The predicted octanol–water partition coefficient (Wildman–Crippen LogP) is 4.16. The molecule has 0 aliphatic heterocycles. The summed E-state index contributed by atoms with van der Waals surface area (Å²) < 4.78 is 6.71. The molecule has 2 aromatic carbocycles. The highest BCUT2D eigenvalue weighted by Crippen LogP contribution is 2.30. The number of fused-ring (bicyclic) bond motifs is 1. The molecule has 0 fully saturated rings.